The van der Waals surface area contributed by atoms with Gasteiger partial charge >= 0.3 is 6.03 Å². The Morgan fingerprint density at radius 1 is 1.27 bits per heavy atom. The third-order valence-electron chi connectivity index (χ3n) is 4.98. The van der Waals surface area contributed by atoms with Gasteiger partial charge in [-0.05, 0) is 43.5 Å². The predicted octanol–water partition coefficient (Wildman–Crippen LogP) is 4.78. The number of nitrogens with one attached hydrogen (secondary N) is 1. The third-order valence-corrected chi connectivity index (χ3v) is 5.22. The zero-order valence-corrected chi connectivity index (χ0v) is 16.2. The first-order valence-corrected chi connectivity index (χ1v) is 9.54. The van der Waals surface area contributed by atoms with Crippen molar-refractivity contribution in [2.24, 2.45) is 0 Å². The van der Waals surface area contributed by atoms with Gasteiger partial charge < -0.3 is 10.2 Å². The molecule has 4 nitrogen and oxygen atoms in total. The fourth-order valence-electron chi connectivity index (χ4n) is 3.54. The first-order valence-electron chi connectivity index (χ1n) is 9.17. The molecule has 5 heteroatoms. The zero-order valence-electron chi connectivity index (χ0n) is 15.4. The lowest BCUT2D eigenvalue weighted by Gasteiger charge is -2.28. The predicted molar refractivity (Wildman–Crippen MR) is 108 cm³/mol. The van der Waals surface area contributed by atoms with E-state index in [-0.39, 0.29) is 12.1 Å². The van der Waals surface area contributed by atoms with Gasteiger partial charge in [-0.3, -0.25) is 4.90 Å². The maximum absolute atomic E-state index is 12.8. The maximum Gasteiger partial charge on any atom is 0.322 e. The number of urea groups is 1. The number of anilines is 1. The summed E-state index contributed by atoms with van der Waals surface area (Å²) in [5.74, 6) is 0. The molecule has 0 aliphatic carbocycles. The van der Waals surface area contributed by atoms with E-state index in [4.69, 9.17) is 11.6 Å². The van der Waals surface area contributed by atoms with Crippen LogP contribution in [0, 0.1) is 6.92 Å². The summed E-state index contributed by atoms with van der Waals surface area (Å²) >= 11 is 6.07. The van der Waals surface area contributed by atoms with Crippen molar-refractivity contribution in [3.8, 4) is 0 Å². The van der Waals surface area contributed by atoms with Gasteiger partial charge in [-0.25, -0.2) is 4.79 Å². The summed E-state index contributed by atoms with van der Waals surface area (Å²) in [6, 6.07) is 16.2. The summed E-state index contributed by atoms with van der Waals surface area (Å²) in [5, 5.41) is 3.66. The van der Waals surface area contributed by atoms with E-state index in [9.17, 15) is 4.79 Å². The molecule has 3 rings (SSSR count). The van der Waals surface area contributed by atoms with Gasteiger partial charge in [0.25, 0.3) is 0 Å². The number of halogens is 1. The Kier molecular flexibility index (Phi) is 6.17. The lowest BCUT2D eigenvalue weighted by Crippen LogP contribution is -2.44. The minimum absolute atomic E-state index is 0.0515. The molecule has 1 fully saturated rings. The molecule has 26 heavy (non-hydrogen) atoms. The average molecular weight is 372 g/mol. The second-order valence-corrected chi connectivity index (χ2v) is 7.28. The van der Waals surface area contributed by atoms with Crippen molar-refractivity contribution in [2.75, 3.05) is 25.0 Å². The summed E-state index contributed by atoms with van der Waals surface area (Å²) in [7, 11) is 0. The number of likely N-dealkylation sites (tertiary alicyclic amines) is 1. The molecular formula is C21H26ClN3O. The highest BCUT2D eigenvalue weighted by Gasteiger charge is 2.30. The van der Waals surface area contributed by atoms with Gasteiger partial charge in [-0.15, -0.1) is 0 Å². The van der Waals surface area contributed by atoms with E-state index in [0.717, 1.165) is 37.3 Å². The van der Waals surface area contributed by atoms with Crippen LogP contribution in [-0.2, 0) is 6.54 Å². The van der Waals surface area contributed by atoms with Crippen LogP contribution in [-0.4, -0.2) is 41.5 Å². The fraction of sp³-hybridized carbons (Fsp3) is 0.381. The summed E-state index contributed by atoms with van der Waals surface area (Å²) in [6.45, 7) is 7.55. The molecule has 2 amide bonds. The molecule has 0 spiro atoms. The van der Waals surface area contributed by atoms with Crippen molar-refractivity contribution in [1.29, 1.82) is 0 Å². The number of carbonyl (C=O) groups is 1. The van der Waals surface area contributed by atoms with Crippen LogP contribution in [0.5, 0.6) is 0 Å². The second-order valence-electron chi connectivity index (χ2n) is 6.84. The van der Waals surface area contributed by atoms with Gasteiger partial charge in [-0.2, -0.15) is 0 Å². The average Bonchev–Trinajstić information content (AvgIpc) is 3.08. The van der Waals surface area contributed by atoms with E-state index in [2.05, 4.69) is 34.5 Å². The number of carbonyl (C=O) groups excluding carboxylic acids is 1. The Balaban J connectivity index is 1.61. The summed E-state index contributed by atoms with van der Waals surface area (Å²) in [4.78, 5) is 17.2. The highest BCUT2D eigenvalue weighted by atomic mass is 35.5. The van der Waals surface area contributed by atoms with E-state index < -0.39 is 0 Å². The lowest BCUT2D eigenvalue weighted by molar-refractivity contribution is 0.189. The molecule has 2 aromatic carbocycles. The van der Waals surface area contributed by atoms with E-state index in [0.29, 0.717) is 11.6 Å². The number of likely N-dealkylation sites (N-methyl/N-ethyl adjacent to an activating group) is 1. The molecule has 1 saturated heterocycles. The van der Waals surface area contributed by atoms with Crippen molar-refractivity contribution in [2.45, 2.75) is 32.9 Å². The van der Waals surface area contributed by atoms with Crippen molar-refractivity contribution < 1.29 is 4.79 Å². The van der Waals surface area contributed by atoms with Crippen LogP contribution < -0.4 is 5.32 Å². The molecule has 0 aromatic heterocycles. The highest BCUT2D eigenvalue weighted by Crippen LogP contribution is 2.23. The molecule has 138 valence electrons. The molecule has 1 atom stereocenters. The van der Waals surface area contributed by atoms with Crippen molar-refractivity contribution in [1.82, 2.24) is 9.80 Å². The molecule has 0 radical (unpaired) electrons. The van der Waals surface area contributed by atoms with Crippen LogP contribution in [0.4, 0.5) is 10.5 Å². The van der Waals surface area contributed by atoms with E-state index >= 15 is 0 Å². The van der Waals surface area contributed by atoms with Crippen LogP contribution in [0.25, 0.3) is 0 Å². The highest BCUT2D eigenvalue weighted by molar-refractivity contribution is 6.31. The standard InChI is InChI=1S/C21H26ClN3O/c1-3-25(21(26)23-20-13-18(22)10-9-16(20)2)19-11-12-24(15-19)14-17-7-5-4-6-8-17/h4-10,13,19H,3,11-12,14-15H2,1-2H3,(H,23,26). The number of benzene rings is 2. The van der Waals surface area contributed by atoms with Crippen LogP contribution in [0.2, 0.25) is 5.02 Å². The first-order chi connectivity index (χ1) is 12.6. The van der Waals surface area contributed by atoms with Crippen molar-refractivity contribution >= 4 is 23.3 Å². The van der Waals surface area contributed by atoms with Gasteiger partial charge in [0, 0.05) is 42.9 Å². The molecule has 1 heterocycles. The first kappa shape index (κ1) is 18.7. The third kappa shape index (κ3) is 4.57. The van der Waals surface area contributed by atoms with Gasteiger partial charge in [0.15, 0.2) is 0 Å². The molecule has 1 aliphatic heterocycles. The maximum atomic E-state index is 12.8. The molecule has 0 bridgehead atoms. The Morgan fingerprint density at radius 3 is 2.77 bits per heavy atom. The summed E-state index contributed by atoms with van der Waals surface area (Å²) < 4.78 is 0. The number of nitrogens with zero attached hydrogens (tertiary/aromatic N) is 2. The van der Waals surface area contributed by atoms with Gasteiger partial charge in [0.2, 0.25) is 0 Å². The van der Waals surface area contributed by atoms with Crippen molar-refractivity contribution in [3.05, 3.63) is 64.7 Å². The molecule has 2 aromatic rings. The lowest BCUT2D eigenvalue weighted by atomic mass is 10.2. The number of amides is 2. The van der Waals surface area contributed by atoms with Gasteiger partial charge in [-0.1, -0.05) is 48.0 Å². The summed E-state index contributed by atoms with van der Waals surface area (Å²) in [6.07, 6.45) is 1.00. The van der Waals surface area contributed by atoms with Gasteiger partial charge in [0.1, 0.15) is 0 Å². The topological polar surface area (TPSA) is 35.6 Å². The van der Waals surface area contributed by atoms with E-state index in [1.807, 2.05) is 36.9 Å². The number of rotatable bonds is 5. The molecular weight excluding hydrogens is 346 g/mol. The van der Waals surface area contributed by atoms with Crippen LogP contribution in [0.15, 0.2) is 48.5 Å². The molecule has 0 saturated carbocycles. The largest absolute Gasteiger partial charge is 0.322 e. The molecule has 1 N–H and O–H groups in total. The number of hydrogen-bond donors (Lipinski definition) is 1. The van der Waals surface area contributed by atoms with E-state index in [1.54, 1.807) is 6.07 Å². The van der Waals surface area contributed by atoms with Crippen LogP contribution in [0.1, 0.15) is 24.5 Å². The SMILES string of the molecule is CCN(C(=O)Nc1cc(Cl)ccc1C)C1CCN(Cc2ccccc2)C1. The number of hydrogen-bond acceptors (Lipinski definition) is 2. The van der Waals surface area contributed by atoms with Crippen molar-refractivity contribution in [3.63, 3.8) is 0 Å². The second kappa shape index (κ2) is 8.56. The monoisotopic (exact) mass is 371 g/mol. The quantitative estimate of drug-likeness (QED) is 0.821. The molecule has 1 aliphatic rings. The minimum Gasteiger partial charge on any atom is -0.320 e. The summed E-state index contributed by atoms with van der Waals surface area (Å²) in [5.41, 5.74) is 3.10. The van der Waals surface area contributed by atoms with E-state index in [1.165, 1.54) is 5.56 Å². The van der Waals surface area contributed by atoms with Gasteiger partial charge in [0.05, 0.1) is 0 Å². The fourth-order valence-corrected chi connectivity index (χ4v) is 3.71. The minimum atomic E-state index is -0.0515. The van der Waals surface area contributed by atoms with Crippen LogP contribution in [0.3, 0.4) is 0 Å². The smallest absolute Gasteiger partial charge is 0.320 e. The van der Waals surface area contributed by atoms with Crippen LogP contribution >= 0.6 is 11.6 Å². The Morgan fingerprint density at radius 2 is 2.04 bits per heavy atom. The normalized spacial score (nSPS) is 17.3. The Labute approximate surface area is 160 Å². The zero-order chi connectivity index (χ0) is 18.5. The number of aryl methyl sites for hydroxylation is 1. The Hall–Kier alpha value is -2.04. The Bertz CT molecular complexity index is 750. The molecule has 1 unspecified atom stereocenters.